The number of benzene rings is 3. The van der Waals surface area contributed by atoms with Crippen LogP contribution in [-0.4, -0.2) is 19.9 Å². The third kappa shape index (κ3) is 3.01. The summed E-state index contributed by atoms with van der Waals surface area (Å²) in [6.45, 7) is 0.582. The van der Waals surface area contributed by atoms with Crippen LogP contribution in [0.3, 0.4) is 0 Å². The summed E-state index contributed by atoms with van der Waals surface area (Å²) >= 11 is 0. The van der Waals surface area contributed by atoms with Gasteiger partial charge in [0.1, 0.15) is 5.82 Å². The number of H-pyrrole nitrogens is 2. The molecule has 3 aromatic carbocycles. The number of rotatable bonds is 4. The van der Waals surface area contributed by atoms with E-state index in [1.807, 2.05) is 72.8 Å². The van der Waals surface area contributed by atoms with Crippen molar-refractivity contribution < 1.29 is 0 Å². The van der Waals surface area contributed by atoms with E-state index in [1.54, 1.807) is 0 Å². The first kappa shape index (κ1) is 16.3. The fraction of sp³-hybridized carbons (Fsp3) is 0.0455. The average Bonchev–Trinajstić information content (AvgIpc) is 3.11. The molecule has 0 spiro atoms. The SMILES string of the molecule is O=c1[nH]c2ccc(CNc3nc(-c4ccccc4)nc4ccccc34)cc2[nH]1. The van der Waals surface area contributed by atoms with Crippen LogP contribution in [0.4, 0.5) is 5.82 Å². The Morgan fingerprint density at radius 3 is 2.50 bits per heavy atom. The van der Waals surface area contributed by atoms with Crippen molar-refractivity contribution in [1.82, 2.24) is 19.9 Å². The van der Waals surface area contributed by atoms with Gasteiger partial charge in [0.05, 0.1) is 16.6 Å². The van der Waals surface area contributed by atoms with Gasteiger partial charge >= 0.3 is 5.69 Å². The number of hydrogen-bond donors (Lipinski definition) is 3. The Balaban J connectivity index is 1.52. The van der Waals surface area contributed by atoms with Crippen LogP contribution in [0, 0.1) is 0 Å². The molecule has 5 aromatic rings. The van der Waals surface area contributed by atoms with Crippen LogP contribution in [0.15, 0.2) is 77.6 Å². The predicted octanol–water partition coefficient (Wildman–Crippen LogP) is 4.08. The second kappa shape index (κ2) is 6.66. The van der Waals surface area contributed by atoms with Crippen LogP contribution >= 0.6 is 0 Å². The Labute approximate surface area is 160 Å². The molecule has 0 saturated carbocycles. The number of anilines is 1. The molecule has 6 heteroatoms. The van der Waals surface area contributed by atoms with Crippen LogP contribution in [0.25, 0.3) is 33.3 Å². The molecule has 0 aliphatic heterocycles. The lowest BCUT2D eigenvalue weighted by molar-refractivity contribution is 1.11. The Morgan fingerprint density at radius 2 is 1.61 bits per heavy atom. The fourth-order valence-corrected chi connectivity index (χ4v) is 3.30. The molecule has 2 aromatic heterocycles. The van der Waals surface area contributed by atoms with Crippen LogP contribution in [0.5, 0.6) is 0 Å². The molecule has 5 rings (SSSR count). The summed E-state index contributed by atoms with van der Waals surface area (Å²) in [6.07, 6.45) is 0. The normalized spacial score (nSPS) is 11.1. The van der Waals surface area contributed by atoms with Gasteiger partial charge in [-0.2, -0.15) is 0 Å². The maximum absolute atomic E-state index is 11.5. The van der Waals surface area contributed by atoms with E-state index < -0.39 is 0 Å². The number of hydrogen-bond acceptors (Lipinski definition) is 4. The number of aromatic amines is 2. The third-order valence-electron chi connectivity index (χ3n) is 4.68. The molecule has 0 saturated heterocycles. The maximum atomic E-state index is 11.5. The molecule has 0 bridgehead atoms. The fourth-order valence-electron chi connectivity index (χ4n) is 3.30. The summed E-state index contributed by atoms with van der Waals surface area (Å²) in [4.78, 5) is 26.5. The van der Waals surface area contributed by atoms with E-state index in [9.17, 15) is 4.79 Å². The van der Waals surface area contributed by atoms with Gasteiger partial charge in [0.25, 0.3) is 0 Å². The van der Waals surface area contributed by atoms with Gasteiger partial charge < -0.3 is 15.3 Å². The summed E-state index contributed by atoms with van der Waals surface area (Å²) < 4.78 is 0. The Kier molecular flexibility index (Phi) is 3.87. The van der Waals surface area contributed by atoms with E-state index in [0.717, 1.165) is 38.9 Å². The second-order valence-corrected chi connectivity index (χ2v) is 6.59. The van der Waals surface area contributed by atoms with Crippen LogP contribution in [0.1, 0.15) is 5.56 Å². The summed E-state index contributed by atoms with van der Waals surface area (Å²) in [6, 6.07) is 23.8. The average molecular weight is 367 g/mol. The largest absolute Gasteiger partial charge is 0.365 e. The highest BCUT2D eigenvalue weighted by molar-refractivity contribution is 5.90. The molecule has 2 heterocycles. The van der Waals surface area contributed by atoms with E-state index in [-0.39, 0.29) is 5.69 Å². The maximum Gasteiger partial charge on any atom is 0.323 e. The van der Waals surface area contributed by atoms with E-state index in [4.69, 9.17) is 9.97 Å². The molecule has 0 radical (unpaired) electrons. The van der Waals surface area contributed by atoms with Gasteiger partial charge in [-0.1, -0.05) is 48.5 Å². The van der Waals surface area contributed by atoms with Crippen molar-refractivity contribution in [2.75, 3.05) is 5.32 Å². The predicted molar refractivity (Wildman–Crippen MR) is 111 cm³/mol. The van der Waals surface area contributed by atoms with Gasteiger partial charge in [-0.15, -0.1) is 0 Å². The zero-order valence-electron chi connectivity index (χ0n) is 14.9. The molecule has 28 heavy (non-hydrogen) atoms. The number of nitrogens with one attached hydrogen (secondary N) is 3. The minimum absolute atomic E-state index is 0.200. The summed E-state index contributed by atoms with van der Waals surface area (Å²) in [5, 5.41) is 4.40. The highest BCUT2D eigenvalue weighted by atomic mass is 16.1. The van der Waals surface area contributed by atoms with Gasteiger partial charge in [0.15, 0.2) is 5.82 Å². The third-order valence-corrected chi connectivity index (χ3v) is 4.68. The molecule has 0 aliphatic carbocycles. The first-order chi connectivity index (χ1) is 13.8. The van der Waals surface area contributed by atoms with Gasteiger partial charge in [-0.05, 0) is 29.8 Å². The Hall–Kier alpha value is -3.93. The van der Waals surface area contributed by atoms with Gasteiger partial charge in [-0.25, -0.2) is 14.8 Å². The number of para-hydroxylation sites is 1. The number of imidazole rings is 1. The molecular formula is C22H17N5O. The molecule has 136 valence electrons. The molecule has 0 amide bonds. The quantitative estimate of drug-likeness (QED) is 0.447. The zero-order valence-corrected chi connectivity index (χ0v) is 14.9. The van der Waals surface area contributed by atoms with E-state index in [1.165, 1.54) is 0 Å². The highest BCUT2D eigenvalue weighted by Crippen LogP contribution is 2.25. The topological polar surface area (TPSA) is 86.5 Å². The Bertz CT molecular complexity index is 1340. The standard InChI is InChI=1S/C22H17N5O/c28-22-25-18-11-10-14(12-19(18)26-22)13-23-21-16-8-4-5-9-17(16)24-20(27-21)15-6-2-1-3-7-15/h1-12H,13H2,(H,23,24,27)(H2,25,26,28). The minimum atomic E-state index is -0.200. The molecular weight excluding hydrogens is 350 g/mol. The van der Waals surface area contributed by atoms with Crippen molar-refractivity contribution in [3.8, 4) is 11.4 Å². The van der Waals surface area contributed by atoms with Gasteiger partial charge in [0, 0.05) is 17.5 Å². The molecule has 0 atom stereocenters. The first-order valence-corrected chi connectivity index (χ1v) is 9.03. The van der Waals surface area contributed by atoms with E-state index >= 15 is 0 Å². The number of nitrogens with zero attached hydrogens (tertiary/aromatic N) is 2. The zero-order chi connectivity index (χ0) is 18.9. The van der Waals surface area contributed by atoms with Gasteiger partial charge in [-0.3, -0.25) is 0 Å². The van der Waals surface area contributed by atoms with Crippen LogP contribution < -0.4 is 11.0 Å². The van der Waals surface area contributed by atoms with Crippen molar-refractivity contribution in [3.05, 3.63) is 88.8 Å². The Morgan fingerprint density at radius 1 is 0.821 bits per heavy atom. The van der Waals surface area contributed by atoms with Crippen LogP contribution in [-0.2, 0) is 6.54 Å². The number of aromatic nitrogens is 4. The molecule has 0 aliphatic rings. The summed E-state index contributed by atoms with van der Waals surface area (Å²) in [5.41, 5.74) is 4.31. The van der Waals surface area contributed by atoms with Crippen molar-refractivity contribution >= 4 is 27.8 Å². The molecule has 0 fully saturated rings. The minimum Gasteiger partial charge on any atom is -0.365 e. The summed E-state index contributed by atoms with van der Waals surface area (Å²) in [5.74, 6) is 1.47. The molecule has 0 unspecified atom stereocenters. The monoisotopic (exact) mass is 367 g/mol. The lowest BCUT2D eigenvalue weighted by Crippen LogP contribution is -2.04. The molecule has 6 nitrogen and oxygen atoms in total. The van der Waals surface area contributed by atoms with E-state index in [0.29, 0.717) is 12.4 Å². The lowest BCUT2D eigenvalue weighted by atomic mass is 10.1. The first-order valence-electron chi connectivity index (χ1n) is 9.03. The highest BCUT2D eigenvalue weighted by Gasteiger charge is 2.09. The van der Waals surface area contributed by atoms with Crippen molar-refractivity contribution in [1.29, 1.82) is 0 Å². The summed E-state index contributed by atoms with van der Waals surface area (Å²) in [7, 11) is 0. The number of fused-ring (bicyclic) bond motifs is 2. The van der Waals surface area contributed by atoms with Crippen molar-refractivity contribution in [2.45, 2.75) is 6.54 Å². The molecule has 3 N–H and O–H groups in total. The van der Waals surface area contributed by atoms with Crippen LogP contribution in [0.2, 0.25) is 0 Å². The van der Waals surface area contributed by atoms with Crippen molar-refractivity contribution in [2.24, 2.45) is 0 Å². The lowest BCUT2D eigenvalue weighted by Gasteiger charge is -2.11. The van der Waals surface area contributed by atoms with E-state index in [2.05, 4.69) is 15.3 Å². The van der Waals surface area contributed by atoms with Gasteiger partial charge in [0.2, 0.25) is 0 Å². The smallest absolute Gasteiger partial charge is 0.323 e. The van der Waals surface area contributed by atoms with Crippen molar-refractivity contribution in [3.63, 3.8) is 0 Å². The second-order valence-electron chi connectivity index (χ2n) is 6.59.